The Labute approximate surface area is 133 Å². The third kappa shape index (κ3) is 6.96. The number of carbonyl (C=O) groups excluding carboxylic acids is 2. The number of hydrogen-bond donors (Lipinski definition) is 0. The first-order chi connectivity index (χ1) is 10.3. The highest BCUT2D eigenvalue weighted by Crippen LogP contribution is 2.21. The first-order valence-corrected chi connectivity index (χ1v) is 8.12. The Morgan fingerprint density at radius 3 is 2.59 bits per heavy atom. The van der Waals surface area contributed by atoms with Crippen molar-refractivity contribution in [2.24, 2.45) is 5.41 Å². The van der Waals surface area contributed by atoms with Gasteiger partial charge < -0.3 is 14.4 Å². The van der Waals surface area contributed by atoms with Gasteiger partial charge in [0.2, 0.25) is 0 Å². The number of amides is 1. The maximum Gasteiger partial charge on any atom is 0.410 e. The van der Waals surface area contributed by atoms with E-state index in [9.17, 15) is 9.59 Å². The molecule has 0 aromatic carbocycles. The Balaban J connectivity index is 2.53. The van der Waals surface area contributed by atoms with Crippen molar-refractivity contribution in [3.8, 4) is 0 Å². The summed E-state index contributed by atoms with van der Waals surface area (Å²) in [5.74, 6) is -0.367. The van der Waals surface area contributed by atoms with Crippen molar-refractivity contribution in [1.29, 1.82) is 0 Å². The molecule has 1 aliphatic rings. The third-order valence-electron chi connectivity index (χ3n) is 3.60. The zero-order valence-electron chi connectivity index (χ0n) is 14.3. The molecule has 0 bridgehead atoms. The maximum atomic E-state index is 12.2. The van der Waals surface area contributed by atoms with Crippen LogP contribution in [0.5, 0.6) is 0 Å². The van der Waals surface area contributed by atoms with Crippen molar-refractivity contribution in [2.45, 2.75) is 59.4 Å². The molecular formula is C17H29NO4. The molecule has 1 heterocycles. The van der Waals surface area contributed by atoms with Crippen LogP contribution in [0.1, 0.15) is 53.4 Å². The molecule has 126 valence electrons. The Morgan fingerprint density at radius 2 is 1.95 bits per heavy atom. The normalized spacial score (nSPS) is 19.3. The summed E-state index contributed by atoms with van der Waals surface area (Å²) in [5.41, 5.74) is 0.144. The van der Waals surface area contributed by atoms with Crippen LogP contribution in [0.2, 0.25) is 0 Å². The second-order valence-corrected chi connectivity index (χ2v) is 6.79. The van der Waals surface area contributed by atoms with Crippen LogP contribution in [-0.4, -0.2) is 42.8 Å². The molecule has 0 unspecified atom stereocenters. The number of nitrogens with zero attached hydrogens (tertiary/aromatic N) is 1. The Kier molecular flexibility index (Phi) is 7.42. The minimum Gasteiger partial charge on any atom is -0.463 e. The molecule has 0 aromatic rings. The van der Waals surface area contributed by atoms with Crippen LogP contribution in [-0.2, 0) is 14.3 Å². The van der Waals surface area contributed by atoms with E-state index >= 15 is 0 Å². The molecule has 1 atom stereocenters. The average molecular weight is 311 g/mol. The molecule has 5 nitrogen and oxygen atoms in total. The first-order valence-electron chi connectivity index (χ1n) is 8.12. The van der Waals surface area contributed by atoms with E-state index in [2.05, 4.69) is 20.8 Å². The minimum atomic E-state index is -0.367. The predicted octanol–water partition coefficient (Wildman–Crippen LogP) is 3.53. The molecule has 0 saturated carbocycles. The predicted molar refractivity (Wildman–Crippen MR) is 85.5 cm³/mol. The van der Waals surface area contributed by atoms with Crippen LogP contribution in [0.4, 0.5) is 4.79 Å². The second kappa shape index (κ2) is 8.81. The van der Waals surface area contributed by atoms with Gasteiger partial charge in [0.25, 0.3) is 0 Å². The number of carbonyl (C=O) groups is 2. The van der Waals surface area contributed by atoms with Gasteiger partial charge >= 0.3 is 12.1 Å². The number of hydrogen-bond acceptors (Lipinski definition) is 4. The van der Waals surface area contributed by atoms with E-state index < -0.39 is 0 Å². The van der Waals surface area contributed by atoms with Gasteiger partial charge in [-0.15, -0.1) is 0 Å². The molecule has 0 aromatic heterocycles. The van der Waals surface area contributed by atoms with Crippen molar-refractivity contribution in [3.05, 3.63) is 12.2 Å². The standard InChI is InChI=1S/C17H29NO4/c1-5-21-15(19)10-9-14-8-6-7-12-18(14)16(20)22-13-11-17(2,3)4/h9-10,14H,5-8,11-13H2,1-4H3/b10-9+/t14-/m0/s1. The lowest BCUT2D eigenvalue weighted by molar-refractivity contribution is -0.137. The molecule has 0 radical (unpaired) electrons. The van der Waals surface area contributed by atoms with Gasteiger partial charge in [-0.25, -0.2) is 9.59 Å². The highest BCUT2D eigenvalue weighted by molar-refractivity contribution is 5.82. The van der Waals surface area contributed by atoms with Crippen LogP contribution >= 0.6 is 0 Å². The van der Waals surface area contributed by atoms with Crippen molar-refractivity contribution in [2.75, 3.05) is 19.8 Å². The lowest BCUT2D eigenvalue weighted by Crippen LogP contribution is -2.43. The van der Waals surface area contributed by atoms with E-state index in [0.29, 0.717) is 19.8 Å². The van der Waals surface area contributed by atoms with E-state index in [1.807, 2.05) is 0 Å². The summed E-state index contributed by atoms with van der Waals surface area (Å²) >= 11 is 0. The Bertz CT molecular complexity index is 398. The van der Waals surface area contributed by atoms with E-state index in [-0.39, 0.29) is 23.5 Å². The summed E-state index contributed by atoms with van der Waals surface area (Å²) < 4.78 is 10.2. The summed E-state index contributed by atoms with van der Waals surface area (Å²) in [5, 5.41) is 0. The number of likely N-dealkylation sites (tertiary alicyclic amines) is 1. The molecule has 1 rings (SSSR count). The summed E-state index contributed by atoms with van der Waals surface area (Å²) in [6, 6.07) is -0.0831. The summed E-state index contributed by atoms with van der Waals surface area (Å²) in [4.78, 5) is 25.3. The Morgan fingerprint density at radius 1 is 1.23 bits per heavy atom. The van der Waals surface area contributed by atoms with Gasteiger partial charge in [-0.2, -0.15) is 0 Å². The number of rotatable bonds is 5. The lowest BCUT2D eigenvalue weighted by Gasteiger charge is -2.33. The number of esters is 1. The molecule has 5 heteroatoms. The zero-order valence-corrected chi connectivity index (χ0v) is 14.3. The van der Waals surface area contributed by atoms with Gasteiger partial charge in [0.15, 0.2) is 0 Å². The highest BCUT2D eigenvalue weighted by atomic mass is 16.6. The third-order valence-corrected chi connectivity index (χ3v) is 3.60. The fourth-order valence-electron chi connectivity index (χ4n) is 2.29. The van der Waals surface area contributed by atoms with Crippen LogP contribution in [0.3, 0.4) is 0 Å². The molecular weight excluding hydrogens is 282 g/mol. The fourth-order valence-corrected chi connectivity index (χ4v) is 2.29. The van der Waals surface area contributed by atoms with Gasteiger partial charge in [0.1, 0.15) is 0 Å². The quantitative estimate of drug-likeness (QED) is 0.575. The lowest BCUT2D eigenvalue weighted by atomic mass is 9.93. The van der Waals surface area contributed by atoms with E-state index in [4.69, 9.17) is 9.47 Å². The fraction of sp³-hybridized carbons (Fsp3) is 0.765. The average Bonchev–Trinajstić information content (AvgIpc) is 2.44. The number of piperidine rings is 1. The largest absolute Gasteiger partial charge is 0.463 e. The van der Waals surface area contributed by atoms with Crippen molar-refractivity contribution >= 4 is 12.1 Å². The summed E-state index contributed by atoms with van der Waals surface area (Å²) in [6.45, 7) is 9.57. The van der Waals surface area contributed by atoms with Gasteiger partial charge in [0.05, 0.1) is 19.3 Å². The van der Waals surface area contributed by atoms with Gasteiger partial charge in [-0.1, -0.05) is 26.8 Å². The topological polar surface area (TPSA) is 55.8 Å². The highest BCUT2D eigenvalue weighted by Gasteiger charge is 2.26. The smallest absolute Gasteiger partial charge is 0.410 e. The van der Waals surface area contributed by atoms with Gasteiger partial charge in [-0.3, -0.25) is 0 Å². The first kappa shape index (κ1) is 18.5. The molecule has 1 fully saturated rings. The van der Waals surface area contributed by atoms with Crippen LogP contribution < -0.4 is 0 Å². The monoisotopic (exact) mass is 311 g/mol. The molecule has 1 saturated heterocycles. The maximum absolute atomic E-state index is 12.2. The van der Waals surface area contributed by atoms with Crippen LogP contribution in [0.25, 0.3) is 0 Å². The summed E-state index contributed by atoms with van der Waals surface area (Å²) in [7, 11) is 0. The van der Waals surface area contributed by atoms with E-state index in [1.54, 1.807) is 17.9 Å². The molecule has 0 spiro atoms. The van der Waals surface area contributed by atoms with Crippen molar-refractivity contribution < 1.29 is 19.1 Å². The van der Waals surface area contributed by atoms with Crippen LogP contribution in [0.15, 0.2) is 12.2 Å². The van der Waals surface area contributed by atoms with E-state index in [0.717, 1.165) is 25.7 Å². The zero-order chi connectivity index (χ0) is 16.6. The second-order valence-electron chi connectivity index (χ2n) is 6.79. The van der Waals surface area contributed by atoms with Crippen molar-refractivity contribution in [1.82, 2.24) is 4.90 Å². The van der Waals surface area contributed by atoms with Gasteiger partial charge in [0, 0.05) is 12.6 Å². The van der Waals surface area contributed by atoms with Crippen LogP contribution in [0, 0.1) is 5.41 Å². The minimum absolute atomic E-state index is 0.0831. The van der Waals surface area contributed by atoms with Gasteiger partial charge in [-0.05, 0) is 38.0 Å². The number of ether oxygens (including phenoxy) is 2. The Hall–Kier alpha value is -1.52. The SMILES string of the molecule is CCOC(=O)/C=C/[C@@H]1CCCCN1C(=O)OCCC(C)(C)C. The summed E-state index contributed by atoms with van der Waals surface area (Å²) in [6.07, 6.45) is 6.57. The van der Waals surface area contributed by atoms with E-state index in [1.165, 1.54) is 6.08 Å². The molecule has 1 aliphatic heterocycles. The van der Waals surface area contributed by atoms with Crippen molar-refractivity contribution in [3.63, 3.8) is 0 Å². The molecule has 1 amide bonds. The molecule has 22 heavy (non-hydrogen) atoms. The molecule has 0 aliphatic carbocycles. The molecule has 0 N–H and O–H groups in total.